The van der Waals surface area contributed by atoms with Crippen LogP contribution in [0.2, 0.25) is 0 Å². The highest BCUT2D eigenvalue weighted by Crippen LogP contribution is 2.16. The maximum Gasteiger partial charge on any atom is 0.223 e. The van der Waals surface area contributed by atoms with Crippen molar-refractivity contribution < 1.29 is 13.2 Å². The van der Waals surface area contributed by atoms with Gasteiger partial charge in [-0.25, -0.2) is 12.7 Å². The van der Waals surface area contributed by atoms with Crippen LogP contribution < -0.4 is 5.73 Å². The van der Waals surface area contributed by atoms with E-state index < -0.39 is 10.0 Å². The molecule has 94 valence electrons. The Morgan fingerprint density at radius 1 is 1.50 bits per heavy atom. The first-order valence-electron chi connectivity index (χ1n) is 5.25. The summed E-state index contributed by atoms with van der Waals surface area (Å²) in [4.78, 5) is 13.1. The number of nitrogens with zero attached hydrogens (tertiary/aromatic N) is 2. The van der Waals surface area contributed by atoms with E-state index in [1.807, 2.05) is 0 Å². The molecule has 1 heterocycles. The zero-order valence-electron chi connectivity index (χ0n) is 9.72. The number of nitrogens with two attached hydrogens (primary N) is 1. The molecule has 6 nitrogen and oxygen atoms in total. The summed E-state index contributed by atoms with van der Waals surface area (Å²) in [6.45, 7) is 1.32. The van der Waals surface area contributed by atoms with Gasteiger partial charge in [-0.3, -0.25) is 4.79 Å². The molecule has 1 amide bonds. The number of carbonyl (C=O) groups excluding carboxylic acids is 1. The van der Waals surface area contributed by atoms with Crippen molar-refractivity contribution >= 4 is 15.9 Å². The van der Waals surface area contributed by atoms with Crippen molar-refractivity contribution in [1.82, 2.24) is 9.21 Å². The summed E-state index contributed by atoms with van der Waals surface area (Å²) in [6, 6.07) is 0. The fourth-order valence-corrected chi connectivity index (χ4v) is 2.45. The average molecular weight is 249 g/mol. The summed E-state index contributed by atoms with van der Waals surface area (Å²) in [5.74, 6) is 0.155. The van der Waals surface area contributed by atoms with Gasteiger partial charge < -0.3 is 10.6 Å². The van der Waals surface area contributed by atoms with E-state index >= 15 is 0 Å². The van der Waals surface area contributed by atoms with E-state index in [1.54, 1.807) is 4.90 Å². The zero-order valence-corrected chi connectivity index (χ0v) is 10.5. The van der Waals surface area contributed by atoms with Gasteiger partial charge in [-0.1, -0.05) is 0 Å². The van der Waals surface area contributed by atoms with E-state index in [-0.39, 0.29) is 24.1 Å². The second kappa shape index (κ2) is 5.11. The molecule has 1 fully saturated rings. The standard InChI is InChI=1S/C9H19N3O3S/c1-11(2)16(14,15)4-3-12-7-8(6-10)5-9(12)13/h8H,3-7,10H2,1-2H3. The number of hydrogen-bond acceptors (Lipinski definition) is 4. The van der Waals surface area contributed by atoms with Crippen molar-refractivity contribution in [2.24, 2.45) is 11.7 Å². The summed E-state index contributed by atoms with van der Waals surface area (Å²) >= 11 is 0. The Kier molecular flexibility index (Phi) is 4.28. The highest BCUT2D eigenvalue weighted by atomic mass is 32.2. The SMILES string of the molecule is CN(C)S(=O)(=O)CCN1CC(CN)CC1=O. The van der Waals surface area contributed by atoms with Crippen LogP contribution in [0, 0.1) is 5.92 Å². The summed E-state index contributed by atoms with van der Waals surface area (Å²) in [7, 11) is -0.245. The summed E-state index contributed by atoms with van der Waals surface area (Å²) < 4.78 is 24.2. The third-order valence-corrected chi connectivity index (χ3v) is 4.61. The van der Waals surface area contributed by atoms with Crippen molar-refractivity contribution in [1.29, 1.82) is 0 Å². The van der Waals surface area contributed by atoms with Gasteiger partial charge in [0.1, 0.15) is 0 Å². The molecule has 0 aromatic heterocycles. The number of sulfonamides is 1. The first-order valence-corrected chi connectivity index (χ1v) is 6.85. The zero-order chi connectivity index (χ0) is 12.3. The Bertz CT molecular complexity index is 353. The Hall–Kier alpha value is -0.660. The van der Waals surface area contributed by atoms with Gasteiger partial charge in [-0.15, -0.1) is 0 Å². The van der Waals surface area contributed by atoms with Crippen LogP contribution >= 0.6 is 0 Å². The van der Waals surface area contributed by atoms with Crippen molar-refractivity contribution in [2.45, 2.75) is 6.42 Å². The summed E-state index contributed by atoms with van der Waals surface area (Å²) in [5, 5.41) is 0. The van der Waals surface area contributed by atoms with Gasteiger partial charge in [0.2, 0.25) is 15.9 Å². The van der Waals surface area contributed by atoms with E-state index in [2.05, 4.69) is 0 Å². The minimum Gasteiger partial charge on any atom is -0.341 e. The maximum absolute atomic E-state index is 11.5. The smallest absolute Gasteiger partial charge is 0.223 e. The number of rotatable bonds is 5. The average Bonchev–Trinajstić information content (AvgIpc) is 2.56. The molecule has 0 bridgehead atoms. The third kappa shape index (κ3) is 3.16. The van der Waals surface area contributed by atoms with Gasteiger partial charge in [-0.05, 0) is 12.5 Å². The van der Waals surface area contributed by atoms with E-state index in [0.29, 0.717) is 19.5 Å². The molecular formula is C9H19N3O3S. The van der Waals surface area contributed by atoms with E-state index in [0.717, 1.165) is 0 Å². The molecule has 0 aliphatic carbocycles. The molecule has 1 aliphatic heterocycles. The van der Waals surface area contributed by atoms with Crippen molar-refractivity contribution in [3.8, 4) is 0 Å². The van der Waals surface area contributed by atoms with E-state index in [4.69, 9.17) is 5.73 Å². The predicted molar refractivity (Wildman–Crippen MR) is 61.2 cm³/mol. The monoisotopic (exact) mass is 249 g/mol. The first-order chi connectivity index (χ1) is 7.36. The van der Waals surface area contributed by atoms with Gasteiger partial charge >= 0.3 is 0 Å². The third-order valence-electron chi connectivity index (χ3n) is 2.80. The Morgan fingerprint density at radius 2 is 2.12 bits per heavy atom. The lowest BCUT2D eigenvalue weighted by Crippen LogP contribution is -2.35. The van der Waals surface area contributed by atoms with Crippen LogP contribution in [-0.4, -0.2) is 63.0 Å². The van der Waals surface area contributed by atoms with Crippen LogP contribution in [0.5, 0.6) is 0 Å². The van der Waals surface area contributed by atoms with Crippen LogP contribution in [0.3, 0.4) is 0 Å². The fraction of sp³-hybridized carbons (Fsp3) is 0.889. The molecular weight excluding hydrogens is 230 g/mol. The topological polar surface area (TPSA) is 83.7 Å². The molecule has 7 heteroatoms. The Morgan fingerprint density at radius 3 is 2.56 bits per heavy atom. The molecule has 1 saturated heterocycles. The molecule has 0 aromatic rings. The molecule has 0 saturated carbocycles. The van der Waals surface area contributed by atoms with Crippen molar-refractivity contribution in [3.05, 3.63) is 0 Å². The molecule has 0 aromatic carbocycles. The lowest BCUT2D eigenvalue weighted by molar-refractivity contribution is -0.127. The summed E-state index contributed by atoms with van der Waals surface area (Å²) in [5.41, 5.74) is 5.48. The fourth-order valence-electron chi connectivity index (χ4n) is 1.64. The largest absolute Gasteiger partial charge is 0.341 e. The number of amides is 1. The second-order valence-corrected chi connectivity index (χ2v) is 6.55. The van der Waals surface area contributed by atoms with E-state index in [9.17, 15) is 13.2 Å². The molecule has 16 heavy (non-hydrogen) atoms. The molecule has 1 aliphatic rings. The molecule has 1 rings (SSSR count). The van der Waals surface area contributed by atoms with Gasteiger partial charge in [0.25, 0.3) is 0 Å². The number of carbonyl (C=O) groups is 1. The lowest BCUT2D eigenvalue weighted by atomic mass is 10.1. The lowest BCUT2D eigenvalue weighted by Gasteiger charge is -2.18. The molecule has 0 spiro atoms. The molecule has 0 radical (unpaired) electrons. The maximum atomic E-state index is 11.5. The van der Waals surface area contributed by atoms with Crippen LogP contribution in [0.4, 0.5) is 0 Å². The molecule has 2 N–H and O–H groups in total. The number of likely N-dealkylation sites (tertiary alicyclic amines) is 1. The normalized spacial score (nSPS) is 22.1. The minimum absolute atomic E-state index is 0.00408. The Balaban J connectivity index is 2.48. The first kappa shape index (κ1) is 13.4. The molecule has 1 unspecified atom stereocenters. The van der Waals surface area contributed by atoms with Crippen molar-refractivity contribution in [2.75, 3.05) is 39.5 Å². The predicted octanol–water partition coefficient (Wildman–Crippen LogP) is -1.31. The van der Waals surface area contributed by atoms with Crippen LogP contribution in [-0.2, 0) is 14.8 Å². The van der Waals surface area contributed by atoms with Crippen molar-refractivity contribution in [3.63, 3.8) is 0 Å². The van der Waals surface area contributed by atoms with E-state index in [1.165, 1.54) is 18.4 Å². The Labute approximate surface area is 96.4 Å². The van der Waals surface area contributed by atoms with Gasteiger partial charge in [0.15, 0.2) is 0 Å². The second-order valence-electron chi connectivity index (χ2n) is 4.24. The minimum atomic E-state index is -3.23. The van der Waals surface area contributed by atoms with Crippen LogP contribution in [0.1, 0.15) is 6.42 Å². The summed E-state index contributed by atoms with van der Waals surface area (Å²) in [6.07, 6.45) is 0.443. The van der Waals surface area contributed by atoms with Gasteiger partial charge in [0, 0.05) is 33.6 Å². The highest BCUT2D eigenvalue weighted by Gasteiger charge is 2.29. The quantitative estimate of drug-likeness (QED) is 0.655. The molecule has 1 atom stereocenters. The van der Waals surface area contributed by atoms with Gasteiger partial charge in [-0.2, -0.15) is 0 Å². The van der Waals surface area contributed by atoms with Gasteiger partial charge in [0.05, 0.1) is 5.75 Å². The highest BCUT2D eigenvalue weighted by molar-refractivity contribution is 7.89. The van der Waals surface area contributed by atoms with Crippen LogP contribution in [0.15, 0.2) is 0 Å². The van der Waals surface area contributed by atoms with Crippen LogP contribution in [0.25, 0.3) is 0 Å². The number of hydrogen-bond donors (Lipinski definition) is 1.